The van der Waals surface area contributed by atoms with Crippen molar-refractivity contribution in [3.8, 4) is 17.2 Å². The van der Waals surface area contributed by atoms with Crippen molar-refractivity contribution in [3.05, 3.63) is 59.2 Å². The summed E-state index contributed by atoms with van der Waals surface area (Å²) >= 11 is 0. The molecule has 32 heavy (non-hydrogen) atoms. The number of ether oxygens (including phenoxy) is 4. The summed E-state index contributed by atoms with van der Waals surface area (Å²) in [4.78, 5) is 27.6. The van der Waals surface area contributed by atoms with Crippen molar-refractivity contribution in [3.63, 3.8) is 0 Å². The van der Waals surface area contributed by atoms with Crippen molar-refractivity contribution < 1.29 is 33.6 Å². The third-order valence-electron chi connectivity index (χ3n) is 5.39. The lowest BCUT2D eigenvalue weighted by Gasteiger charge is -2.26. The highest BCUT2D eigenvalue weighted by atomic mass is 16.5. The van der Waals surface area contributed by atoms with Crippen LogP contribution in [0.4, 0.5) is 0 Å². The fourth-order valence-corrected chi connectivity index (χ4v) is 3.92. The van der Waals surface area contributed by atoms with E-state index in [1.165, 1.54) is 26.2 Å². The lowest BCUT2D eigenvalue weighted by Crippen LogP contribution is -2.31. The van der Waals surface area contributed by atoms with Gasteiger partial charge in [-0.1, -0.05) is 24.3 Å². The molecule has 3 rings (SSSR count). The predicted octanol–water partition coefficient (Wildman–Crippen LogP) is 3.17. The van der Waals surface area contributed by atoms with Gasteiger partial charge in [0.05, 0.1) is 32.9 Å². The van der Waals surface area contributed by atoms with Crippen molar-refractivity contribution in [2.45, 2.75) is 12.5 Å². The molecule has 1 N–H and O–H groups in total. The number of hydrogen-bond donors (Lipinski definition) is 1. The largest absolute Gasteiger partial charge is 0.506 e. The summed E-state index contributed by atoms with van der Waals surface area (Å²) in [5.74, 6) is -0.745. The van der Waals surface area contributed by atoms with Crippen LogP contribution in [0.25, 0.3) is 5.76 Å². The number of benzene rings is 2. The SMILES string of the molecule is COCCCN1C(=O)C(=O)/C(=C(/O)c2c(OC)cccc2OC)C1c1ccccc1OC. The summed E-state index contributed by atoms with van der Waals surface area (Å²) in [6.07, 6.45) is 0.521. The highest BCUT2D eigenvalue weighted by Gasteiger charge is 2.47. The summed E-state index contributed by atoms with van der Waals surface area (Å²) in [7, 11) is 5.98. The van der Waals surface area contributed by atoms with Crippen LogP contribution in [0.5, 0.6) is 17.2 Å². The zero-order valence-corrected chi connectivity index (χ0v) is 18.6. The maximum absolute atomic E-state index is 13.2. The van der Waals surface area contributed by atoms with Crippen molar-refractivity contribution in [2.24, 2.45) is 0 Å². The van der Waals surface area contributed by atoms with Gasteiger partial charge in [-0.3, -0.25) is 9.59 Å². The Morgan fingerprint density at radius 1 is 0.906 bits per heavy atom. The highest BCUT2D eigenvalue weighted by molar-refractivity contribution is 6.46. The number of nitrogens with zero attached hydrogens (tertiary/aromatic N) is 1. The van der Waals surface area contributed by atoms with Crippen molar-refractivity contribution in [1.82, 2.24) is 4.90 Å². The van der Waals surface area contributed by atoms with E-state index in [0.29, 0.717) is 35.8 Å². The maximum Gasteiger partial charge on any atom is 0.295 e. The van der Waals surface area contributed by atoms with Gasteiger partial charge in [0.15, 0.2) is 0 Å². The van der Waals surface area contributed by atoms with Gasteiger partial charge in [0.2, 0.25) is 0 Å². The molecule has 1 saturated heterocycles. The van der Waals surface area contributed by atoms with Gasteiger partial charge in [-0.25, -0.2) is 0 Å². The molecule has 0 aromatic heterocycles. The second-order valence-corrected chi connectivity index (χ2v) is 7.12. The Morgan fingerprint density at radius 3 is 2.09 bits per heavy atom. The molecule has 2 aromatic rings. The number of likely N-dealkylation sites (tertiary alicyclic amines) is 1. The molecule has 0 saturated carbocycles. The number of amides is 1. The molecule has 1 aliphatic heterocycles. The lowest BCUT2D eigenvalue weighted by atomic mass is 9.94. The maximum atomic E-state index is 13.2. The van der Waals surface area contributed by atoms with Crippen LogP contribution in [0.3, 0.4) is 0 Å². The smallest absolute Gasteiger partial charge is 0.295 e. The lowest BCUT2D eigenvalue weighted by molar-refractivity contribution is -0.140. The molecule has 0 bridgehead atoms. The Morgan fingerprint density at radius 2 is 1.50 bits per heavy atom. The van der Waals surface area contributed by atoms with E-state index in [0.717, 1.165) is 0 Å². The van der Waals surface area contributed by atoms with E-state index < -0.39 is 17.7 Å². The number of carbonyl (C=O) groups is 2. The van der Waals surface area contributed by atoms with Crippen molar-refractivity contribution in [2.75, 3.05) is 41.6 Å². The Bertz CT molecular complexity index is 1010. The Kier molecular flexibility index (Phi) is 7.37. The van der Waals surface area contributed by atoms with Crippen LogP contribution in [0.15, 0.2) is 48.0 Å². The third kappa shape index (κ3) is 4.13. The number of rotatable bonds is 9. The zero-order valence-electron chi connectivity index (χ0n) is 18.6. The molecule has 1 aliphatic rings. The van der Waals surface area contributed by atoms with Crippen LogP contribution >= 0.6 is 0 Å². The quantitative estimate of drug-likeness (QED) is 0.276. The van der Waals surface area contributed by atoms with Gasteiger partial charge in [0.25, 0.3) is 11.7 Å². The molecular weight excluding hydrogens is 414 g/mol. The van der Waals surface area contributed by atoms with Crippen LogP contribution in [-0.4, -0.2) is 63.3 Å². The Hall–Kier alpha value is -3.52. The minimum Gasteiger partial charge on any atom is -0.506 e. The summed E-state index contributed by atoms with van der Waals surface area (Å²) in [5, 5.41) is 11.4. The van der Waals surface area contributed by atoms with Crippen LogP contribution in [0, 0.1) is 0 Å². The Balaban J connectivity index is 2.27. The van der Waals surface area contributed by atoms with E-state index in [9.17, 15) is 14.7 Å². The molecule has 170 valence electrons. The monoisotopic (exact) mass is 441 g/mol. The first-order chi connectivity index (χ1) is 15.5. The number of hydrogen-bond acceptors (Lipinski definition) is 7. The van der Waals surface area contributed by atoms with Crippen LogP contribution in [0.1, 0.15) is 23.6 Å². The van der Waals surface area contributed by atoms with Gasteiger partial charge in [-0.05, 0) is 24.6 Å². The molecule has 1 unspecified atom stereocenters. The number of aliphatic hydroxyl groups excluding tert-OH is 1. The number of para-hydroxylation sites is 1. The highest BCUT2D eigenvalue weighted by Crippen LogP contribution is 2.45. The number of aliphatic hydroxyl groups is 1. The zero-order chi connectivity index (χ0) is 23.3. The summed E-state index contributed by atoms with van der Waals surface area (Å²) in [6.45, 7) is 0.683. The van der Waals surface area contributed by atoms with Crippen LogP contribution in [0.2, 0.25) is 0 Å². The molecule has 1 fully saturated rings. The van der Waals surface area contributed by atoms with Crippen LogP contribution in [-0.2, 0) is 14.3 Å². The van der Waals surface area contributed by atoms with Gasteiger partial charge < -0.3 is 29.0 Å². The van der Waals surface area contributed by atoms with E-state index in [1.807, 2.05) is 0 Å². The molecule has 1 amide bonds. The fraction of sp³-hybridized carbons (Fsp3) is 0.333. The standard InChI is InChI=1S/C24H27NO7/c1-29-14-8-13-25-21(15-9-5-6-10-16(15)30-2)20(23(27)24(25)28)22(26)19-17(31-3)11-7-12-18(19)32-4/h5-7,9-12,21,26H,8,13-14H2,1-4H3/b22-20+. The molecule has 1 atom stereocenters. The number of Topliss-reactive ketones (excluding diaryl/α,β-unsaturated/α-hetero) is 1. The van der Waals surface area contributed by atoms with Gasteiger partial charge in [0.1, 0.15) is 28.6 Å². The minimum absolute atomic E-state index is 0.0558. The molecule has 2 aromatic carbocycles. The molecule has 8 heteroatoms. The number of methoxy groups -OCH3 is 4. The van der Waals surface area contributed by atoms with Crippen molar-refractivity contribution in [1.29, 1.82) is 0 Å². The number of carbonyl (C=O) groups excluding carboxylic acids is 2. The van der Waals surface area contributed by atoms with Gasteiger partial charge in [-0.2, -0.15) is 0 Å². The molecule has 1 heterocycles. The first-order valence-corrected chi connectivity index (χ1v) is 10.1. The first-order valence-electron chi connectivity index (χ1n) is 10.1. The van der Waals surface area contributed by atoms with E-state index >= 15 is 0 Å². The minimum atomic E-state index is -0.849. The van der Waals surface area contributed by atoms with Gasteiger partial charge >= 0.3 is 0 Å². The van der Waals surface area contributed by atoms with E-state index in [-0.39, 0.29) is 23.4 Å². The molecule has 8 nitrogen and oxygen atoms in total. The average molecular weight is 441 g/mol. The molecular formula is C24H27NO7. The summed E-state index contributed by atoms with van der Waals surface area (Å²) in [5.41, 5.74) is 0.731. The van der Waals surface area contributed by atoms with Gasteiger partial charge in [0, 0.05) is 25.8 Å². The molecule has 0 radical (unpaired) electrons. The second-order valence-electron chi connectivity index (χ2n) is 7.12. The third-order valence-corrected chi connectivity index (χ3v) is 5.39. The first kappa shape index (κ1) is 23.1. The van der Waals surface area contributed by atoms with Crippen LogP contribution < -0.4 is 14.2 Å². The summed E-state index contributed by atoms with van der Waals surface area (Å²) in [6, 6.07) is 11.2. The van der Waals surface area contributed by atoms with E-state index in [1.54, 1.807) is 49.6 Å². The van der Waals surface area contributed by atoms with E-state index in [4.69, 9.17) is 18.9 Å². The predicted molar refractivity (Wildman–Crippen MR) is 118 cm³/mol. The van der Waals surface area contributed by atoms with Crippen molar-refractivity contribution >= 4 is 17.4 Å². The number of ketones is 1. The average Bonchev–Trinajstić information content (AvgIpc) is 3.07. The fourth-order valence-electron chi connectivity index (χ4n) is 3.92. The van der Waals surface area contributed by atoms with Gasteiger partial charge in [-0.15, -0.1) is 0 Å². The molecule has 0 spiro atoms. The summed E-state index contributed by atoms with van der Waals surface area (Å²) < 4.78 is 21.4. The van der Waals surface area contributed by atoms with E-state index in [2.05, 4.69) is 0 Å². The topological polar surface area (TPSA) is 94.5 Å². The molecule has 0 aliphatic carbocycles. The normalized spacial score (nSPS) is 17.5. The second kappa shape index (κ2) is 10.2. The Labute approximate surface area is 187 Å².